The van der Waals surface area contributed by atoms with E-state index in [0.717, 1.165) is 22.7 Å². The van der Waals surface area contributed by atoms with Gasteiger partial charge in [0.2, 0.25) is 0 Å². The first-order valence-corrected chi connectivity index (χ1v) is 7.13. The first-order valence-electron chi connectivity index (χ1n) is 7.13. The Kier molecular flexibility index (Phi) is 2.20. The van der Waals surface area contributed by atoms with Gasteiger partial charge in [-0.2, -0.15) is 0 Å². The third-order valence-corrected chi connectivity index (χ3v) is 5.57. The Hall–Kier alpha value is 0. The van der Waals surface area contributed by atoms with Crippen molar-refractivity contribution in [3.05, 3.63) is 0 Å². The number of hydrogen-bond donors (Lipinski definition) is 0. The molecule has 0 aromatic rings. The summed E-state index contributed by atoms with van der Waals surface area (Å²) in [5.41, 5.74) is 1.54. The van der Waals surface area contributed by atoms with E-state index < -0.39 is 0 Å². The van der Waals surface area contributed by atoms with Gasteiger partial charge in [-0.15, -0.1) is 0 Å². The quantitative estimate of drug-likeness (QED) is 0.610. The van der Waals surface area contributed by atoms with Crippen LogP contribution < -0.4 is 0 Å². The van der Waals surface area contributed by atoms with Gasteiger partial charge in [-0.1, -0.05) is 33.1 Å². The van der Waals surface area contributed by atoms with Crippen molar-refractivity contribution in [2.45, 2.75) is 71.6 Å². The predicted molar refractivity (Wildman–Crippen MR) is 64.7 cm³/mol. The van der Waals surface area contributed by atoms with E-state index in [1.807, 2.05) is 0 Å². The SMILES string of the molecule is CCCC12CC3CCC(CC(C)(C3)C1)C2. The molecule has 0 spiro atoms. The Morgan fingerprint density at radius 3 is 2.13 bits per heavy atom. The van der Waals surface area contributed by atoms with Crippen LogP contribution in [0.15, 0.2) is 0 Å². The maximum Gasteiger partial charge on any atom is -0.0287 e. The molecule has 0 heteroatoms. The van der Waals surface area contributed by atoms with Gasteiger partial charge in [-0.05, 0) is 61.2 Å². The largest absolute Gasteiger partial charge is 0.0654 e. The van der Waals surface area contributed by atoms with Crippen LogP contribution in [-0.2, 0) is 0 Å². The van der Waals surface area contributed by atoms with Gasteiger partial charge in [0, 0.05) is 0 Å². The van der Waals surface area contributed by atoms with E-state index >= 15 is 0 Å². The highest BCUT2D eigenvalue weighted by Crippen LogP contribution is 2.64. The lowest BCUT2D eigenvalue weighted by molar-refractivity contribution is -0.0304. The molecule has 4 aliphatic rings. The molecular weight excluding hydrogens is 180 g/mol. The van der Waals surface area contributed by atoms with Crippen molar-refractivity contribution in [3.63, 3.8) is 0 Å². The summed E-state index contributed by atoms with van der Waals surface area (Å²) in [6.45, 7) is 4.98. The molecular formula is C15H26. The van der Waals surface area contributed by atoms with E-state index in [-0.39, 0.29) is 0 Å². The fourth-order valence-corrected chi connectivity index (χ4v) is 5.83. The molecule has 4 fully saturated rings. The van der Waals surface area contributed by atoms with Crippen molar-refractivity contribution in [2.24, 2.45) is 22.7 Å². The molecule has 0 heterocycles. The van der Waals surface area contributed by atoms with E-state index in [4.69, 9.17) is 0 Å². The summed E-state index contributed by atoms with van der Waals surface area (Å²) in [4.78, 5) is 0. The summed E-state index contributed by atoms with van der Waals surface area (Å²) < 4.78 is 0. The van der Waals surface area contributed by atoms with Gasteiger partial charge in [0.1, 0.15) is 0 Å². The van der Waals surface area contributed by atoms with Crippen LogP contribution in [0.4, 0.5) is 0 Å². The Bertz CT molecular complexity index is 237. The molecule has 2 unspecified atom stereocenters. The Morgan fingerprint density at radius 2 is 1.60 bits per heavy atom. The normalized spacial score (nSPS) is 53.2. The molecule has 2 atom stereocenters. The fourth-order valence-electron chi connectivity index (χ4n) is 5.83. The Balaban J connectivity index is 1.92. The van der Waals surface area contributed by atoms with Gasteiger partial charge >= 0.3 is 0 Å². The maximum atomic E-state index is 2.60. The first kappa shape index (κ1) is 10.2. The van der Waals surface area contributed by atoms with Crippen molar-refractivity contribution in [2.75, 3.05) is 0 Å². The van der Waals surface area contributed by atoms with Crippen LogP contribution in [0.2, 0.25) is 0 Å². The Labute approximate surface area is 94.8 Å². The minimum atomic E-state index is 0.748. The molecule has 86 valence electrons. The Morgan fingerprint density at radius 1 is 1.00 bits per heavy atom. The molecule has 0 aromatic carbocycles. The van der Waals surface area contributed by atoms with Crippen LogP contribution in [0.5, 0.6) is 0 Å². The third kappa shape index (κ3) is 1.65. The zero-order valence-corrected chi connectivity index (χ0v) is 10.5. The van der Waals surface area contributed by atoms with Gasteiger partial charge in [-0.3, -0.25) is 0 Å². The van der Waals surface area contributed by atoms with Crippen LogP contribution >= 0.6 is 0 Å². The van der Waals surface area contributed by atoms with E-state index in [0.29, 0.717) is 0 Å². The number of rotatable bonds is 2. The topological polar surface area (TPSA) is 0 Å². The molecule has 0 nitrogen and oxygen atoms in total. The monoisotopic (exact) mass is 206 g/mol. The minimum Gasteiger partial charge on any atom is -0.0654 e. The highest BCUT2D eigenvalue weighted by molar-refractivity contribution is 5.03. The van der Waals surface area contributed by atoms with E-state index in [9.17, 15) is 0 Å². The molecule has 4 saturated carbocycles. The predicted octanol–water partition coefficient (Wildman–Crippen LogP) is 4.78. The highest BCUT2D eigenvalue weighted by Gasteiger charge is 2.52. The summed E-state index contributed by atoms with van der Waals surface area (Å²) in [6, 6.07) is 0. The van der Waals surface area contributed by atoms with Crippen LogP contribution in [0.3, 0.4) is 0 Å². The van der Waals surface area contributed by atoms with E-state index in [2.05, 4.69) is 13.8 Å². The fraction of sp³-hybridized carbons (Fsp3) is 1.00. The average Bonchev–Trinajstić information content (AvgIpc) is 2.29. The lowest BCUT2D eigenvalue weighted by Gasteiger charge is -2.54. The van der Waals surface area contributed by atoms with Crippen molar-refractivity contribution < 1.29 is 0 Å². The molecule has 4 bridgehead atoms. The molecule has 0 N–H and O–H groups in total. The molecule has 4 aliphatic carbocycles. The molecule has 0 amide bonds. The van der Waals surface area contributed by atoms with Crippen molar-refractivity contribution in [1.82, 2.24) is 0 Å². The summed E-state index contributed by atoms with van der Waals surface area (Å²) >= 11 is 0. The van der Waals surface area contributed by atoms with Crippen LogP contribution in [-0.4, -0.2) is 0 Å². The highest BCUT2D eigenvalue weighted by atomic mass is 14.6. The molecule has 0 aromatic heterocycles. The summed E-state index contributed by atoms with van der Waals surface area (Å²) in [6.07, 6.45) is 13.9. The molecule has 4 rings (SSSR count). The molecule has 0 radical (unpaired) electrons. The average molecular weight is 206 g/mol. The first-order chi connectivity index (χ1) is 7.13. The van der Waals surface area contributed by atoms with Gasteiger partial charge in [0.15, 0.2) is 0 Å². The second-order valence-corrected chi connectivity index (χ2v) is 7.36. The summed E-state index contributed by atoms with van der Waals surface area (Å²) in [7, 11) is 0. The van der Waals surface area contributed by atoms with Gasteiger partial charge < -0.3 is 0 Å². The van der Waals surface area contributed by atoms with E-state index in [1.54, 1.807) is 44.9 Å². The van der Waals surface area contributed by atoms with Crippen LogP contribution in [0, 0.1) is 22.7 Å². The van der Waals surface area contributed by atoms with Crippen molar-refractivity contribution in [3.8, 4) is 0 Å². The number of hydrogen-bond acceptors (Lipinski definition) is 0. The lowest BCUT2D eigenvalue weighted by Crippen LogP contribution is -2.43. The second kappa shape index (κ2) is 3.25. The summed E-state index contributed by atoms with van der Waals surface area (Å²) in [5.74, 6) is 2.20. The van der Waals surface area contributed by atoms with Crippen LogP contribution in [0.25, 0.3) is 0 Å². The zero-order chi connectivity index (χ0) is 10.5. The molecule has 15 heavy (non-hydrogen) atoms. The standard InChI is InChI=1S/C15H26/c1-3-6-15-9-12-4-5-13(10-15)8-14(2,7-12)11-15/h12-13H,3-11H2,1-2H3. The minimum absolute atomic E-state index is 0.748. The van der Waals surface area contributed by atoms with Crippen molar-refractivity contribution in [1.29, 1.82) is 0 Å². The van der Waals surface area contributed by atoms with E-state index in [1.165, 1.54) is 12.8 Å². The van der Waals surface area contributed by atoms with Gasteiger partial charge in [-0.25, -0.2) is 0 Å². The zero-order valence-electron chi connectivity index (χ0n) is 10.5. The molecule has 0 saturated heterocycles. The van der Waals surface area contributed by atoms with Crippen molar-refractivity contribution >= 4 is 0 Å². The van der Waals surface area contributed by atoms with Gasteiger partial charge in [0.25, 0.3) is 0 Å². The maximum absolute atomic E-state index is 2.60. The molecule has 0 aliphatic heterocycles. The summed E-state index contributed by atoms with van der Waals surface area (Å²) in [5, 5.41) is 0. The second-order valence-electron chi connectivity index (χ2n) is 7.36. The number of fused-ring (bicyclic) bond motifs is 1. The van der Waals surface area contributed by atoms with Gasteiger partial charge in [0.05, 0.1) is 0 Å². The lowest BCUT2D eigenvalue weighted by atomic mass is 9.51. The third-order valence-electron chi connectivity index (χ3n) is 5.57. The van der Waals surface area contributed by atoms with Crippen LogP contribution in [0.1, 0.15) is 71.6 Å². The smallest absolute Gasteiger partial charge is 0.0287 e.